The molecule has 0 N–H and O–H groups in total. The first-order chi connectivity index (χ1) is 14.1. The molecule has 1 aromatic heterocycles. The van der Waals surface area contributed by atoms with E-state index in [4.69, 9.17) is 27.9 Å². The van der Waals surface area contributed by atoms with E-state index in [0.717, 1.165) is 34.0 Å². The van der Waals surface area contributed by atoms with Gasteiger partial charge in [-0.1, -0.05) is 71.7 Å². The van der Waals surface area contributed by atoms with Crippen molar-refractivity contribution in [3.8, 4) is 16.9 Å². The van der Waals surface area contributed by atoms with Crippen molar-refractivity contribution in [2.75, 3.05) is 0 Å². The summed E-state index contributed by atoms with van der Waals surface area (Å²) in [5.41, 5.74) is 4.44. The SMILES string of the molecule is Cc1ccc2cccc(OCc3c(Cl)ccc(-c4ccccc4C=O)c3Cl)c2n1. The van der Waals surface area contributed by atoms with Crippen molar-refractivity contribution in [1.29, 1.82) is 0 Å². The molecule has 3 nitrogen and oxygen atoms in total. The maximum atomic E-state index is 11.4. The summed E-state index contributed by atoms with van der Waals surface area (Å²) in [6, 6.07) is 20.7. The number of pyridine rings is 1. The van der Waals surface area contributed by atoms with Gasteiger partial charge in [-0.25, -0.2) is 4.98 Å². The molecule has 0 aliphatic carbocycles. The van der Waals surface area contributed by atoms with Gasteiger partial charge in [0.15, 0.2) is 6.29 Å². The third kappa shape index (κ3) is 3.84. The number of aromatic nitrogens is 1. The van der Waals surface area contributed by atoms with Gasteiger partial charge >= 0.3 is 0 Å². The number of hydrogen-bond acceptors (Lipinski definition) is 3. The summed E-state index contributed by atoms with van der Waals surface area (Å²) >= 11 is 13.1. The van der Waals surface area contributed by atoms with Gasteiger partial charge in [-0.15, -0.1) is 0 Å². The van der Waals surface area contributed by atoms with Gasteiger partial charge in [0, 0.05) is 32.8 Å². The largest absolute Gasteiger partial charge is 0.487 e. The van der Waals surface area contributed by atoms with E-state index in [-0.39, 0.29) is 6.61 Å². The predicted molar refractivity (Wildman–Crippen MR) is 118 cm³/mol. The van der Waals surface area contributed by atoms with Gasteiger partial charge in [0.05, 0.1) is 5.02 Å². The number of para-hydroxylation sites is 1. The van der Waals surface area contributed by atoms with Crippen molar-refractivity contribution < 1.29 is 9.53 Å². The summed E-state index contributed by atoms with van der Waals surface area (Å²) in [4.78, 5) is 16.0. The van der Waals surface area contributed by atoms with Crippen LogP contribution in [0, 0.1) is 6.92 Å². The van der Waals surface area contributed by atoms with E-state index in [9.17, 15) is 4.79 Å². The van der Waals surface area contributed by atoms with Gasteiger partial charge in [0.1, 0.15) is 17.9 Å². The highest BCUT2D eigenvalue weighted by atomic mass is 35.5. The van der Waals surface area contributed by atoms with Crippen molar-refractivity contribution >= 4 is 40.4 Å². The summed E-state index contributed by atoms with van der Waals surface area (Å²) in [6.45, 7) is 2.13. The average molecular weight is 422 g/mol. The van der Waals surface area contributed by atoms with Crippen LogP contribution in [0.4, 0.5) is 0 Å². The quantitative estimate of drug-likeness (QED) is 0.328. The molecule has 0 spiro atoms. The molecule has 4 aromatic rings. The second kappa shape index (κ2) is 8.24. The first-order valence-corrected chi connectivity index (χ1v) is 9.84. The minimum Gasteiger partial charge on any atom is -0.487 e. The van der Waals surface area contributed by atoms with E-state index < -0.39 is 0 Å². The Morgan fingerprint density at radius 1 is 0.931 bits per heavy atom. The summed E-state index contributed by atoms with van der Waals surface area (Å²) in [6.07, 6.45) is 0.820. The van der Waals surface area contributed by atoms with Crippen molar-refractivity contribution in [2.24, 2.45) is 0 Å². The number of rotatable bonds is 5. The minimum atomic E-state index is 0.184. The minimum absolute atomic E-state index is 0.184. The Morgan fingerprint density at radius 3 is 2.59 bits per heavy atom. The van der Waals surface area contributed by atoms with Gasteiger partial charge in [-0.3, -0.25) is 4.79 Å². The van der Waals surface area contributed by atoms with Gasteiger partial charge in [-0.05, 0) is 30.7 Å². The molecule has 144 valence electrons. The van der Waals surface area contributed by atoms with Crippen LogP contribution in [-0.4, -0.2) is 11.3 Å². The lowest BCUT2D eigenvalue weighted by Crippen LogP contribution is -2.00. The molecule has 4 rings (SSSR count). The number of carbonyl (C=O) groups is 1. The number of aldehydes is 1. The van der Waals surface area contributed by atoms with Crippen LogP contribution in [0.3, 0.4) is 0 Å². The fourth-order valence-electron chi connectivity index (χ4n) is 3.27. The molecule has 29 heavy (non-hydrogen) atoms. The Bertz CT molecular complexity index is 1220. The van der Waals surface area contributed by atoms with E-state index in [1.165, 1.54) is 0 Å². The topological polar surface area (TPSA) is 39.2 Å². The fraction of sp³-hybridized carbons (Fsp3) is 0.0833. The molecule has 3 aromatic carbocycles. The van der Waals surface area contributed by atoms with Crippen LogP contribution in [0.15, 0.2) is 66.7 Å². The molecule has 0 unspecified atom stereocenters. The monoisotopic (exact) mass is 421 g/mol. The first kappa shape index (κ1) is 19.4. The Balaban J connectivity index is 1.72. The molecule has 0 bridgehead atoms. The summed E-state index contributed by atoms with van der Waals surface area (Å²) in [5.74, 6) is 0.664. The fourth-order valence-corrected chi connectivity index (χ4v) is 3.85. The van der Waals surface area contributed by atoms with Crippen molar-refractivity contribution in [3.63, 3.8) is 0 Å². The van der Waals surface area contributed by atoms with Crippen molar-refractivity contribution in [2.45, 2.75) is 13.5 Å². The van der Waals surface area contributed by atoms with Crippen molar-refractivity contribution in [3.05, 3.63) is 93.6 Å². The van der Waals surface area contributed by atoms with Gasteiger partial charge in [-0.2, -0.15) is 0 Å². The first-order valence-electron chi connectivity index (χ1n) is 9.09. The molecule has 0 saturated heterocycles. The summed E-state index contributed by atoms with van der Waals surface area (Å²) in [5, 5.41) is 1.97. The maximum Gasteiger partial charge on any atom is 0.150 e. The van der Waals surface area contributed by atoms with Crippen molar-refractivity contribution in [1.82, 2.24) is 4.98 Å². The highest BCUT2D eigenvalue weighted by Gasteiger charge is 2.15. The second-order valence-corrected chi connectivity index (χ2v) is 7.45. The van der Waals surface area contributed by atoms with Crippen LogP contribution in [0.1, 0.15) is 21.6 Å². The maximum absolute atomic E-state index is 11.4. The van der Waals surface area contributed by atoms with Crippen LogP contribution in [0.5, 0.6) is 5.75 Å². The zero-order valence-electron chi connectivity index (χ0n) is 15.7. The number of halogens is 2. The number of carbonyl (C=O) groups excluding carboxylic acids is 1. The smallest absolute Gasteiger partial charge is 0.150 e. The Morgan fingerprint density at radius 2 is 1.76 bits per heavy atom. The number of fused-ring (bicyclic) bond motifs is 1. The predicted octanol–water partition coefficient (Wildman–Crippen LogP) is 6.91. The number of benzene rings is 3. The third-order valence-corrected chi connectivity index (χ3v) is 5.54. The van der Waals surface area contributed by atoms with Crippen LogP contribution in [0.25, 0.3) is 22.0 Å². The zero-order chi connectivity index (χ0) is 20.4. The van der Waals surface area contributed by atoms with Gasteiger partial charge < -0.3 is 4.74 Å². The van der Waals surface area contributed by atoms with E-state index >= 15 is 0 Å². The molecular weight excluding hydrogens is 405 g/mol. The molecule has 0 aliphatic rings. The lowest BCUT2D eigenvalue weighted by Gasteiger charge is -2.15. The number of hydrogen-bond donors (Lipinski definition) is 0. The van der Waals surface area contributed by atoms with Crippen LogP contribution in [0.2, 0.25) is 10.0 Å². The number of nitrogens with zero attached hydrogens (tertiary/aromatic N) is 1. The lowest BCUT2D eigenvalue weighted by molar-refractivity contribution is 0.112. The van der Waals surface area contributed by atoms with Gasteiger partial charge in [0.2, 0.25) is 0 Å². The standard InChI is InChI=1S/C24H17Cl2NO2/c1-15-9-10-16-6-4-8-22(24(16)27-15)29-14-20-21(25)12-11-19(23(20)26)18-7-3-2-5-17(18)13-28/h2-13H,14H2,1H3. The second-order valence-electron chi connectivity index (χ2n) is 6.66. The Labute approximate surface area is 178 Å². The lowest BCUT2D eigenvalue weighted by atomic mass is 9.98. The van der Waals surface area contributed by atoms with Crippen LogP contribution >= 0.6 is 23.2 Å². The number of aryl methyl sites for hydroxylation is 1. The van der Waals surface area contributed by atoms with E-state index in [1.54, 1.807) is 12.1 Å². The van der Waals surface area contributed by atoms with E-state index in [2.05, 4.69) is 4.98 Å². The van der Waals surface area contributed by atoms with Crippen LogP contribution in [-0.2, 0) is 6.61 Å². The summed E-state index contributed by atoms with van der Waals surface area (Å²) < 4.78 is 6.07. The molecule has 0 fully saturated rings. The summed E-state index contributed by atoms with van der Waals surface area (Å²) in [7, 11) is 0. The average Bonchev–Trinajstić information content (AvgIpc) is 2.74. The molecule has 0 amide bonds. The Hall–Kier alpha value is -2.88. The third-order valence-electron chi connectivity index (χ3n) is 4.76. The van der Waals surface area contributed by atoms with E-state index in [0.29, 0.717) is 26.9 Å². The highest BCUT2D eigenvalue weighted by Crippen LogP contribution is 2.37. The zero-order valence-corrected chi connectivity index (χ0v) is 17.2. The molecule has 5 heteroatoms. The Kier molecular flexibility index (Phi) is 5.52. The molecule has 1 heterocycles. The molecule has 0 atom stereocenters. The molecule has 0 radical (unpaired) electrons. The molecule has 0 aliphatic heterocycles. The normalized spacial score (nSPS) is 10.9. The highest BCUT2D eigenvalue weighted by molar-refractivity contribution is 6.38. The molecule has 0 saturated carbocycles. The van der Waals surface area contributed by atoms with E-state index in [1.807, 2.05) is 61.5 Å². The molecular formula is C24H17Cl2NO2. The van der Waals surface area contributed by atoms with Gasteiger partial charge in [0.25, 0.3) is 0 Å². The number of ether oxygens (including phenoxy) is 1. The van der Waals surface area contributed by atoms with Crippen LogP contribution < -0.4 is 4.74 Å².